The van der Waals surface area contributed by atoms with E-state index in [1.54, 1.807) is 24.3 Å². The van der Waals surface area contributed by atoms with Gasteiger partial charge in [0.05, 0.1) is 26.3 Å². The van der Waals surface area contributed by atoms with Crippen LogP contribution in [0.5, 0.6) is 5.88 Å². The topological polar surface area (TPSA) is 138 Å². The van der Waals surface area contributed by atoms with Crippen LogP contribution >= 0.6 is 11.3 Å². The van der Waals surface area contributed by atoms with Crippen molar-refractivity contribution in [3.8, 4) is 16.3 Å². The number of ether oxygens (including phenoxy) is 1. The Morgan fingerprint density at radius 2 is 1.58 bits per heavy atom. The van der Waals surface area contributed by atoms with Gasteiger partial charge in [0.2, 0.25) is 5.88 Å². The molecule has 0 radical (unpaired) electrons. The molecule has 4 amide bonds. The molecule has 0 fully saturated rings. The molecule has 0 saturated carbocycles. The van der Waals surface area contributed by atoms with E-state index in [4.69, 9.17) is 4.74 Å². The van der Waals surface area contributed by atoms with Gasteiger partial charge in [-0.1, -0.05) is 18.2 Å². The first-order valence-corrected chi connectivity index (χ1v) is 14.2. The van der Waals surface area contributed by atoms with Crippen molar-refractivity contribution in [1.29, 1.82) is 0 Å². The highest BCUT2D eigenvalue weighted by molar-refractivity contribution is 7.20. The zero-order chi connectivity index (χ0) is 32.7. The summed E-state index contributed by atoms with van der Waals surface area (Å²) in [6.45, 7) is 1.14. The molecule has 0 atom stereocenters. The van der Waals surface area contributed by atoms with Crippen LogP contribution in [0.25, 0.3) is 10.4 Å². The Kier molecular flexibility index (Phi) is 10.7. The van der Waals surface area contributed by atoms with Crippen LogP contribution in [0, 0.1) is 11.6 Å². The van der Waals surface area contributed by atoms with Crippen LogP contribution in [0.15, 0.2) is 54.6 Å². The van der Waals surface area contributed by atoms with Crippen molar-refractivity contribution >= 4 is 45.7 Å². The number of methoxy groups -OCH3 is 1. The Labute approximate surface area is 261 Å². The van der Waals surface area contributed by atoms with Gasteiger partial charge in [-0.25, -0.2) is 23.9 Å². The number of thiophene rings is 1. The first-order chi connectivity index (χ1) is 21.5. The van der Waals surface area contributed by atoms with Gasteiger partial charge in [0.25, 0.3) is 0 Å². The van der Waals surface area contributed by atoms with Crippen molar-refractivity contribution in [3.05, 3.63) is 82.9 Å². The SMILES string of the molecule is CONC(=O)Nc1ccc(-c2sc(N(Cc3c(F)cccc3F)C(=O)Nc3ccc(OC)nn3)c(C(C)=O)c2CN(C)C)cc1. The molecule has 3 N–H and O–H groups in total. The number of ketones is 1. The number of hydroxylamine groups is 1. The summed E-state index contributed by atoms with van der Waals surface area (Å²) in [5, 5.41) is 13.2. The molecule has 0 aliphatic heterocycles. The number of halogens is 2. The maximum atomic E-state index is 14.9. The number of hydrogen-bond acceptors (Lipinski definition) is 9. The highest BCUT2D eigenvalue weighted by Crippen LogP contribution is 2.44. The second kappa shape index (κ2) is 14.7. The molecule has 0 aliphatic carbocycles. The third kappa shape index (κ3) is 7.94. The number of carbonyl (C=O) groups excluding carboxylic acids is 3. The Morgan fingerprint density at radius 1 is 0.889 bits per heavy atom. The Hall–Kier alpha value is -4.99. The molecule has 15 heteroatoms. The summed E-state index contributed by atoms with van der Waals surface area (Å²) in [6.07, 6.45) is 0. The minimum Gasteiger partial charge on any atom is -0.480 e. The maximum Gasteiger partial charge on any atom is 0.343 e. The smallest absolute Gasteiger partial charge is 0.343 e. The third-order valence-electron chi connectivity index (χ3n) is 6.37. The molecule has 0 aliphatic rings. The predicted octanol–water partition coefficient (Wildman–Crippen LogP) is 5.68. The van der Waals surface area contributed by atoms with E-state index in [1.807, 2.05) is 19.0 Å². The Balaban J connectivity index is 1.85. The Bertz CT molecular complexity index is 1660. The van der Waals surface area contributed by atoms with Gasteiger partial charge in [0.1, 0.15) is 16.6 Å². The molecule has 2 heterocycles. The summed E-state index contributed by atoms with van der Waals surface area (Å²) in [4.78, 5) is 47.2. The van der Waals surface area contributed by atoms with E-state index in [-0.39, 0.29) is 33.6 Å². The highest BCUT2D eigenvalue weighted by atomic mass is 32.1. The minimum atomic E-state index is -0.854. The number of aromatic nitrogens is 2. The lowest BCUT2D eigenvalue weighted by Gasteiger charge is -2.23. The van der Waals surface area contributed by atoms with Crippen molar-refractivity contribution in [1.82, 2.24) is 20.6 Å². The summed E-state index contributed by atoms with van der Waals surface area (Å²) in [5.41, 5.74) is 3.79. The number of urea groups is 2. The highest BCUT2D eigenvalue weighted by Gasteiger charge is 2.31. The first-order valence-electron chi connectivity index (χ1n) is 13.4. The second-order valence-corrected chi connectivity index (χ2v) is 10.9. The van der Waals surface area contributed by atoms with E-state index in [9.17, 15) is 23.2 Å². The number of anilines is 3. The molecule has 4 rings (SSSR count). The van der Waals surface area contributed by atoms with E-state index in [1.165, 1.54) is 39.3 Å². The fourth-order valence-corrected chi connectivity index (χ4v) is 5.77. The number of Topliss-reactive ketones (excluding diaryl/α,β-unsaturated/α-hetero) is 1. The molecular formula is C30H31F2N7O5S. The lowest BCUT2D eigenvalue weighted by molar-refractivity contribution is 0.101. The third-order valence-corrected chi connectivity index (χ3v) is 7.67. The van der Waals surface area contributed by atoms with Gasteiger partial charge in [-0.05, 0) is 62.5 Å². The molecule has 0 spiro atoms. The van der Waals surface area contributed by atoms with Gasteiger partial charge in [-0.2, -0.15) is 0 Å². The summed E-state index contributed by atoms with van der Waals surface area (Å²) < 4.78 is 34.8. The van der Waals surface area contributed by atoms with E-state index < -0.39 is 30.2 Å². The summed E-state index contributed by atoms with van der Waals surface area (Å²) in [7, 11) is 6.38. The molecule has 0 bridgehead atoms. The van der Waals surface area contributed by atoms with Crippen molar-refractivity contribution in [2.45, 2.75) is 20.0 Å². The molecule has 0 saturated heterocycles. The van der Waals surface area contributed by atoms with E-state index >= 15 is 0 Å². The number of nitrogens with zero attached hydrogens (tertiary/aromatic N) is 4. The zero-order valence-electron chi connectivity index (χ0n) is 25.1. The summed E-state index contributed by atoms with van der Waals surface area (Å²) in [5.74, 6) is -1.79. The Morgan fingerprint density at radius 3 is 2.13 bits per heavy atom. The second-order valence-electron chi connectivity index (χ2n) is 9.90. The number of carbonyl (C=O) groups is 3. The van der Waals surface area contributed by atoms with Gasteiger partial charge in [0, 0.05) is 28.7 Å². The van der Waals surface area contributed by atoms with Crippen molar-refractivity contribution in [2.75, 3.05) is 43.8 Å². The van der Waals surface area contributed by atoms with Crippen LogP contribution in [0.3, 0.4) is 0 Å². The van der Waals surface area contributed by atoms with Gasteiger partial charge in [0.15, 0.2) is 11.6 Å². The average Bonchev–Trinajstić information content (AvgIpc) is 3.36. The van der Waals surface area contributed by atoms with Crippen molar-refractivity contribution in [2.24, 2.45) is 0 Å². The number of hydrogen-bond donors (Lipinski definition) is 3. The monoisotopic (exact) mass is 639 g/mol. The van der Waals surface area contributed by atoms with Gasteiger partial charge < -0.3 is 15.0 Å². The molecule has 2 aromatic heterocycles. The van der Waals surface area contributed by atoms with E-state index in [2.05, 4.69) is 31.1 Å². The molecular weight excluding hydrogens is 608 g/mol. The number of rotatable bonds is 11. The van der Waals surface area contributed by atoms with Gasteiger partial charge in [-0.15, -0.1) is 21.5 Å². The largest absolute Gasteiger partial charge is 0.480 e. The molecule has 0 unspecified atom stereocenters. The zero-order valence-corrected chi connectivity index (χ0v) is 25.9. The average molecular weight is 640 g/mol. The molecule has 2 aromatic carbocycles. The molecule has 12 nitrogen and oxygen atoms in total. The van der Waals surface area contributed by atoms with Gasteiger partial charge >= 0.3 is 12.1 Å². The van der Waals surface area contributed by atoms with Crippen LogP contribution in [0.4, 0.5) is 34.9 Å². The van der Waals surface area contributed by atoms with Crippen LogP contribution in [0.2, 0.25) is 0 Å². The predicted molar refractivity (Wildman–Crippen MR) is 166 cm³/mol. The number of amides is 4. The minimum absolute atomic E-state index is 0.0510. The normalized spacial score (nSPS) is 10.8. The fraction of sp³-hybridized carbons (Fsp3) is 0.233. The van der Waals surface area contributed by atoms with Gasteiger partial charge in [-0.3, -0.25) is 19.8 Å². The fourth-order valence-electron chi connectivity index (χ4n) is 4.41. The quantitative estimate of drug-likeness (QED) is 0.141. The molecule has 236 valence electrons. The van der Waals surface area contributed by atoms with Crippen LogP contribution < -0.4 is 25.8 Å². The number of nitrogens with one attached hydrogen (secondary N) is 3. The maximum absolute atomic E-state index is 14.9. The molecule has 4 aromatic rings. The summed E-state index contributed by atoms with van der Waals surface area (Å²) in [6, 6.07) is 11.8. The standard InChI is InChI=1S/C30H31F2N7O5S/c1-17(40)26-21(15-38(2)3)27(18-9-11-19(12-10-18)33-29(41)37-44-5)45-28(26)39(16-20-22(31)7-6-8-23(20)32)30(42)34-24-13-14-25(43-4)36-35-24/h6-14H,15-16H2,1-5H3,(H2,33,37,41)(H,34,35,42). The number of benzene rings is 2. The van der Waals surface area contributed by atoms with Crippen molar-refractivity contribution in [3.63, 3.8) is 0 Å². The van der Waals surface area contributed by atoms with Crippen molar-refractivity contribution < 1.29 is 32.7 Å². The van der Waals surface area contributed by atoms with E-state index in [0.29, 0.717) is 28.2 Å². The van der Waals surface area contributed by atoms with Crippen LogP contribution in [-0.2, 0) is 17.9 Å². The van der Waals surface area contributed by atoms with Crippen LogP contribution in [-0.4, -0.2) is 61.3 Å². The lowest BCUT2D eigenvalue weighted by Crippen LogP contribution is -2.36. The van der Waals surface area contributed by atoms with E-state index in [0.717, 1.165) is 28.4 Å². The molecule has 45 heavy (non-hydrogen) atoms. The van der Waals surface area contributed by atoms with Crippen LogP contribution in [0.1, 0.15) is 28.4 Å². The lowest BCUT2D eigenvalue weighted by atomic mass is 10.0. The first kappa shape index (κ1) is 32.9. The summed E-state index contributed by atoms with van der Waals surface area (Å²) >= 11 is 1.12.